The fourth-order valence-electron chi connectivity index (χ4n) is 3.22. The van der Waals surface area contributed by atoms with E-state index in [1.165, 1.54) is 0 Å². The maximum atomic E-state index is 12.5. The van der Waals surface area contributed by atoms with Gasteiger partial charge in [0, 0.05) is 17.8 Å². The molecule has 0 atom stereocenters. The number of hydrogen-bond acceptors (Lipinski definition) is 2. The molecule has 0 N–H and O–H groups in total. The van der Waals surface area contributed by atoms with Gasteiger partial charge >= 0.3 is 0 Å². The summed E-state index contributed by atoms with van der Waals surface area (Å²) in [4.78, 5) is 12.5. The van der Waals surface area contributed by atoms with E-state index in [2.05, 4.69) is 4.57 Å². The van der Waals surface area contributed by atoms with Crippen LogP contribution >= 0.6 is 0 Å². The topological polar surface area (TPSA) is 31.2 Å². The first-order valence-electron chi connectivity index (χ1n) is 8.78. The van der Waals surface area contributed by atoms with Crippen LogP contribution < -0.4 is 10.2 Å². The fraction of sp³-hybridized carbons (Fsp3) is 0.0417. The third-order valence-electron chi connectivity index (χ3n) is 4.51. The van der Waals surface area contributed by atoms with Crippen molar-refractivity contribution in [3.8, 4) is 34.0 Å². The molecule has 132 valence electrons. The van der Waals surface area contributed by atoms with Crippen molar-refractivity contribution >= 4 is 0 Å². The van der Waals surface area contributed by atoms with E-state index in [1.54, 1.807) is 19.2 Å². The van der Waals surface area contributed by atoms with Crippen LogP contribution in [0.3, 0.4) is 0 Å². The summed E-state index contributed by atoms with van der Waals surface area (Å²) in [6.07, 6.45) is 0. The molecular formula is C24H19NO2. The predicted octanol–water partition coefficient (Wildman–Crippen LogP) is 5.18. The summed E-state index contributed by atoms with van der Waals surface area (Å²) in [5.74, 6) is 0.784. The standard InChI is InChI=1S/C24H19NO2/c1-27-22-14-12-19(13-15-22)24-17-21(26)16-23(18-8-4-2-5-9-18)25(24)20-10-6-3-7-11-20/h2-17H,1H3. The van der Waals surface area contributed by atoms with Crippen molar-refractivity contribution in [3.05, 3.63) is 107 Å². The van der Waals surface area contributed by atoms with Crippen molar-refractivity contribution in [2.75, 3.05) is 7.11 Å². The molecule has 27 heavy (non-hydrogen) atoms. The summed E-state index contributed by atoms with van der Waals surface area (Å²) in [6.45, 7) is 0. The van der Waals surface area contributed by atoms with Gasteiger partial charge in [-0.2, -0.15) is 0 Å². The second-order valence-electron chi connectivity index (χ2n) is 6.23. The predicted molar refractivity (Wildman–Crippen MR) is 109 cm³/mol. The molecule has 0 bridgehead atoms. The van der Waals surface area contributed by atoms with E-state index in [0.29, 0.717) is 0 Å². The monoisotopic (exact) mass is 353 g/mol. The van der Waals surface area contributed by atoms with Crippen LogP contribution in [0.25, 0.3) is 28.2 Å². The van der Waals surface area contributed by atoms with Crippen LogP contribution in [0.1, 0.15) is 0 Å². The molecule has 0 aliphatic heterocycles. The second kappa shape index (κ2) is 7.34. The number of para-hydroxylation sites is 1. The average molecular weight is 353 g/mol. The lowest BCUT2D eigenvalue weighted by Gasteiger charge is -2.19. The Hall–Kier alpha value is -3.59. The molecule has 4 rings (SSSR count). The van der Waals surface area contributed by atoms with Gasteiger partial charge in [0.15, 0.2) is 5.43 Å². The Morgan fingerprint density at radius 1 is 0.667 bits per heavy atom. The van der Waals surface area contributed by atoms with Gasteiger partial charge in [-0.1, -0.05) is 48.5 Å². The van der Waals surface area contributed by atoms with Crippen LogP contribution in [-0.2, 0) is 0 Å². The molecule has 3 nitrogen and oxygen atoms in total. The first-order chi connectivity index (χ1) is 13.3. The van der Waals surface area contributed by atoms with Gasteiger partial charge in [-0.3, -0.25) is 4.79 Å². The van der Waals surface area contributed by atoms with Crippen LogP contribution in [-0.4, -0.2) is 11.7 Å². The Morgan fingerprint density at radius 2 is 1.19 bits per heavy atom. The summed E-state index contributed by atoms with van der Waals surface area (Å²) in [5, 5.41) is 0. The summed E-state index contributed by atoms with van der Waals surface area (Å²) >= 11 is 0. The molecule has 0 saturated heterocycles. The molecule has 4 aromatic rings. The smallest absolute Gasteiger partial charge is 0.182 e. The summed E-state index contributed by atoms with van der Waals surface area (Å²) in [6, 6.07) is 31.2. The van der Waals surface area contributed by atoms with Gasteiger partial charge in [-0.05, 0) is 47.5 Å². The van der Waals surface area contributed by atoms with Gasteiger partial charge in [-0.25, -0.2) is 0 Å². The average Bonchev–Trinajstić information content (AvgIpc) is 2.74. The van der Waals surface area contributed by atoms with E-state index >= 15 is 0 Å². The van der Waals surface area contributed by atoms with E-state index in [1.807, 2.05) is 84.9 Å². The van der Waals surface area contributed by atoms with Crippen LogP contribution in [0.4, 0.5) is 0 Å². The molecule has 0 radical (unpaired) electrons. The number of aromatic nitrogens is 1. The summed E-state index contributed by atoms with van der Waals surface area (Å²) in [5.41, 5.74) is 4.63. The number of rotatable bonds is 4. The molecule has 0 aliphatic carbocycles. The molecule has 3 aromatic carbocycles. The van der Waals surface area contributed by atoms with Crippen molar-refractivity contribution in [1.29, 1.82) is 0 Å². The van der Waals surface area contributed by atoms with Gasteiger partial charge in [0.1, 0.15) is 5.75 Å². The first-order valence-corrected chi connectivity index (χ1v) is 8.78. The molecule has 1 aromatic heterocycles. The number of nitrogens with zero attached hydrogens (tertiary/aromatic N) is 1. The highest BCUT2D eigenvalue weighted by Crippen LogP contribution is 2.30. The SMILES string of the molecule is COc1ccc(-c2cc(=O)cc(-c3ccccc3)n2-c2ccccc2)cc1. The Morgan fingerprint density at radius 3 is 1.74 bits per heavy atom. The van der Waals surface area contributed by atoms with Crippen LogP contribution in [0.2, 0.25) is 0 Å². The highest BCUT2D eigenvalue weighted by Gasteiger charge is 2.13. The van der Waals surface area contributed by atoms with Crippen LogP contribution in [0.5, 0.6) is 5.75 Å². The van der Waals surface area contributed by atoms with Crippen LogP contribution in [0.15, 0.2) is 102 Å². The van der Waals surface area contributed by atoms with Gasteiger partial charge < -0.3 is 9.30 Å². The minimum Gasteiger partial charge on any atom is -0.497 e. The molecule has 0 amide bonds. The van der Waals surface area contributed by atoms with Gasteiger partial charge in [-0.15, -0.1) is 0 Å². The normalized spacial score (nSPS) is 10.6. The van der Waals surface area contributed by atoms with Gasteiger partial charge in [0.25, 0.3) is 0 Å². The molecule has 0 saturated carbocycles. The van der Waals surface area contributed by atoms with Crippen molar-refractivity contribution in [2.45, 2.75) is 0 Å². The zero-order valence-corrected chi connectivity index (χ0v) is 15.0. The lowest BCUT2D eigenvalue weighted by atomic mass is 10.1. The van der Waals surface area contributed by atoms with E-state index in [-0.39, 0.29) is 5.43 Å². The van der Waals surface area contributed by atoms with Crippen molar-refractivity contribution < 1.29 is 4.74 Å². The fourth-order valence-corrected chi connectivity index (χ4v) is 3.22. The Labute approximate surface area is 158 Å². The molecule has 0 fully saturated rings. The largest absolute Gasteiger partial charge is 0.497 e. The highest BCUT2D eigenvalue weighted by atomic mass is 16.5. The Bertz CT molecular complexity index is 1100. The minimum atomic E-state index is -0.0214. The molecule has 0 spiro atoms. The maximum Gasteiger partial charge on any atom is 0.182 e. The molecule has 1 heterocycles. The van der Waals surface area contributed by atoms with Gasteiger partial charge in [0.2, 0.25) is 0 Å². The third kappa shape index (κ3) is 3.40. The summed E-state index contributed by atoms with van der Waals surface area (Å²) < 4.78 is 7.39. The highest BCUT2D eigenvalue weighted by molar-refractivity contribution is 5.71. The lowest BCUT2D eigenvalue weighted by molar-refractivity contribution is 0.415. The van der Waals surface area contributed by atoms with Crippen molar-refractivity contribution in [3.63, 3.8) is 0 Å². The van der Waals surface area contributed by atoms with Crippen LogP contribution in [0, 0.1) is 0 Å². The summed E-state index contributed by atoms with van der Waals surface area (Å²) in [7, 11) is 1.64. The molecule has 0 aliphatic rings. The molecule has 0 unspecified atom stereocenters. The number of ether oxygens (including phenoxy) is 1. The third-order valence-corrected chi connectivity index (χ3v) is 4.51. The lowest BCUT2D eigenvalue weighted by Crippen LogP contribution is -2.11. The number of pyridine rings is 1. The van der Waals surface area contributed by atoms with Crippen molar-refractivity contribution in [1.82, 2.24) is 4.57 Å². The quantitative estimate of drug-likeness (QED) is 0.506. The molecular weight excluding hydrogens is 334 g/mol. The van der Waals surface area contributed by atoms with E-state index < -0.39 is 0 Å². The Kier molecular flexibility index (Phi) is 4.58. The number of hydrogen-bond donors (Lipinski definition) is 0. The minimum absolute atomic E-state index is 0.0214. The number of methoxy groups -OCH3 is 1. The molecule has 3 heteroatoms. The van der Waals surface area contributed by atoms with E-state index in [4.69, 9.17) is 4.74 Å². The first kappa shape index (κ1) is 16.9. The maximum absolute atomic E-state index is 12.5. The van der Waals surface area contributed by atoms with Crippen molar-refractivity contribution in [2.24, 2.45) is 0 Å². The van der Waals surface area contributed by atoms with E-state index in [9.17, 15) is 4.79 Å². The number of benzene rings is 3. The van der Waals surface area contributed by atoms with E-state index in [0.717, 1.165) is 34.0 Å². The second-order valence-corrected chi connectivity index (χ2v) is 6.23. The van der Waals surface area contributed by atoms with Gasteiger partial charge in [0.05, 0.1) is 18.5 Å². The Balaban J connectivity index is 2.03. The zero-order chi connectivity index (χ0) is 18.6. The zero-order valence-electron chi connectivity index (χ0n) is 15.0.